The van der Waals surface area contributed by atoms with Gasteiger partial charge in [0.2, 0.25) is 15.9 Å². The predicted molar refractivity (Wildman–Crippen MR) is 109 cm³/mol. The van der Waals surface area contributed by atoms with Crippen LogP contribution in [-0.4, -0.2) is 75.3 Å². The molecule has 0 saturated carbocycles. The number of benzene rings is 1. The summed E-state index contributed by atoms with van der Waals surface area (Å²) in [4.78, 5) is 25.2. The minimum absolute atomic E-state index is 0.0206. The van der Waals surface area contributed by atoms with E-state index >= 15 is 0 Å². The van der Waals surface area contributed by atoms with Crippen molar-refractivity contribution in [3.8, 4) is 5.75 Å². The number of rotatable bonds is 7. The molecule has 1 aromatic rings. The number of hydrogen-bond donors (Lipinski definition) is 2. The number of piperazine rings is 1. The van der Waals surface area contributed by atoms with Gasteiger partial charge in [-0.15, -0.1) is 0 Å². The molecule has 11 heteroatoms. The van der Waals surface area contributed by atoms with Crippen LogP contribution in [-0.2, 0) is 19.6 Å². The molecule has 29 heavy (non-hydrogen) atoms. The average Bonchev–Trinajstić information content (AvgIpc) is 2.68. The van der Waals surface area contributed by atoms with Crippen LogP contribution < -0.4 is 15.4 Å². The van der Waals surface area contributed by atoms with Crippen LogP contribution >= 0.6 is 11.6 Å². The highest BCUT2D eigenvalue weighted by molar-refractivity contribution is 7.89. The van der Waals surface area contributed by atoms with E-state index in [-0.39, 0.29) is 53.7 Å². The first-order chi connectivity index (χ1) is 13.8. The zero-order valence-electron chi connectivity index (χ0n) is 16.2. The van der Waals surface area contributed by atoms with Crippen LogP contribution in [0.15, 0.2) is 17.0 Å². The maximum atomic E-state index is 13.1. The Morgan fingerprint density at radius 1 is 1.28 bits per heavy atom. The van der Waals surface area contributed by atoms with E-state index in [9.17, 15) is 18.0 Å². The Kier molecular flexibility index (Phi) is 6.99. The van der Waals surface area contributed by atoms with Crippen LogP contribution in [0.25, 0.3) is 0 Å². The molecule has 2 aliphatic rings. The summed E-state index contributed by atoms with van der Waals surface area (Å²) in [6, 6.07) is 2.73. The van der Waals surface area contributed by atoms with Gasteiger partial charge in [0.25, 0.3) is 5.91 Å². The molecule has 0 spiro atoms. The number of carbonyl (C=O) groups is 2. The molecule has 0 unspecified atom stereocenters. The summed E-state index contributed by atoms with van der Waals surface area (Å²) < 4.78 is 32.8. The fourth-order valence-corrected chi connectivity index (χ4v) is 5.15. The molecular weight excluding hydrogens is 420 g/mol. The van der Waals surface area contributed by atoms with Crippen LogP contribution in [0.5, 0.6) is 5.75 Å². The Labute approximate surface area is 175 Å². The molecule has 0 radical (unpaired) electrons. The third-order valence-electron chi connectivity index (χ3n) is 4.84. The van der Waals surface area contributed by atoms with Gasteiger partial charge in [0.05, 0.1) is 17.3 Å². The van der Waals surface area contributed by atoms with Crippen LogP contribution in [0.2, 0.25) is 5.02 Å². The van der Waals surface area contributed by atoms with Crippen LogP contribution in [0.4, 0.5) is 5.69 Å². The van der Waals surface area contributed by atoms with Crippen molar-refractivity contribution < 1.29 is 22.7 Å². The van der Waals surface area contributed by atoms with E-state index in [4.69, 9.17) is 16.3 Å². The van der Waals surface area contributed by atoms with E-state index < -0.39 is 10.0 Å². The van der Waals surface area contributed by atoms with Crippen molar-refractivity contribution in [2.75, 3.05) is 51.2 Å². The van der Waals surface area contributed by atoms with Crippen molar-refractivity contribution in [1.29, 1.82) is 0 Å². The number of nitrogens with one attached hydrogen (secondary N) is 2. The lowest BCUT2D eigenvalue weighted by atomic mass is 10.2. The summed E-state index contributed by atoms with van der Waals surface area (Å²) in [5, 5.41) is 5.48. The fourth-order valence-electron chi connectivity index (χ4n) is 3.21. The van der Waals surface area contributed by atoms with E-state index in [1.807, 2.05) is 4.90 Å². The highest BCUT2D eigenvalue weighted by atomic mass is 35.5. The summed E-state index contributed by atoms with van der Waals surface area (Å²) in [6.07, 6.45) is 1.95. The number of fused-ring (bicyclic) bond motifs is 1. The lowest BCUT2D eigenvalue weighted by Crippen LogP contribution is -2.51. The maximum Gasteiger partial charge on any atom is 0.262 e. The molecule has 2 aliphatic heterocycles. The molecule has 9 nitrogen and oxygen atoms in total. The van der Waals surface area contributed by atoms with Gasteiger partial charge >= 0.3 is 0 Å². The molecule has 0 aliphatic carbocycles. The molecule has 1 aromatic carbocycles. The number of amides is 2. The van der Waals surface area contributed by atoms with Crippen molar-refractivity contribution in [3.05, 3.63) is 17.2 Å². The molecule has 1 fully saturated rings. The summed E-state index contributed by atoms with van der Waals surface area (Å²) >= 11 is 6.19. The second-order valence-electron chi connectivity index (χ2n) is 7.00. The van der Waals surface area contributed by atoms with Crippen LogP contribution in [0.3, 0.4) is 0 Å². The minimum atomic E-state index is -3.83. The van der Waals surface area contributed by atoms with Crippen molar-refractivity contribution in [1.82, 2.24) is 14.5 Å². The highest BCUT2D eigenvalue weighted by Gasteiger charge is 2.32. The van der Waals surface area contributed by atoms with Gasteiger partial charge in [-0.3, -0.25) is 14.5 Å². The Balaban J connectivity index is 1.63. The lowest BCUT2D eigenvalue weighted by Gasteiger charge is -2.33. The van der Waals surface area contributed by atoms with Gasteiger partial charge in [-0.1, -0.05) is 24.9 Å². The lowest BCUT2D eigenvalue weighted by molar-refractivity contribution is -0.122. The van der Waals surface area contributed by atoms with E-state index in [1.54, 1.807) is 0 Å². The first-order valence-corrected chi connectivity index (χ1v) is 11.4. The monoisotopic (exact) mass is 444 g/mol. The number of unbranched alkanes of at least 4 members (excludes halogenated alkanes) is 1. The Morgan fingerprint density at radius 2 is 2.00 bits per heavy atom. The second-order valence-corrected chi connectivity index (χ2v) is 9.31. The number of carbonyl (C=O) groups excluding carboxylic acids is 2. The molecule has 160 valence electrons. The Morgan fingerprint density at radius 3 is 2.69 bits per heavy atom. The van der Waals surface area contributed by atoms with Crippen molar-refractivity contribution in [3.63, 3.8) is 0 Å². The second kappa shape index (κ2) is 9.29. The number of nitrogens with zero attached hydrogens (tertiary/aromatic N) is 2. The number of hydrogen-bond acceptors (Lipinski definition) is 6. The molecule has 2 heterocycles. The zero-order chi connectivity index (χ0) is 21.0. The molecule has 3 rings (SSSR count). The summed E-state index contributed by atoms with van der Waals surface area (Å²) in [6.45, 7) is 4.22. The quantitative estimate of drug-likeness (QED) is 0.605. The fraction of sp³-hybridized carbons (Fsp3) is 0.556. The van der Waals surface area contributed by atoms with Gasteiger partial charge in [0.15, 0.2) is 6.61 Å². The Hall–Kier alpha value is -1.88. The maximum absolute atomic E-state index is 13.1. The number of ether oxygens (including phenoxy) is 1. The van der Waals surface area contributed by atoms with Gasteiger partial charge < -0.3 is 15.4 Å². The SMILES string of the molecule is CCCCNC(=O)CN1CCN(S(=O)(=O)c2cc3c(cc2Cl)NC(=O)CO3)CC1. The number of halogens is 1. The average molecular weight is 445 g/mol. The Bertz CT molecular complexity index is 884. The van der Waals surface area contributed by atoms with Gasteiger partial charge in [0.1, 0.15) is 10.6 Å². The minimum Gasteiger partial charge on any atom is -0.482 e. The van der Waals surface area contributed by atoms with E-state index in [0.29, 0.717) is 25.3 Å². The van der Waals surface area contributed by atoms with Gasteiger partial charge in [-0.25, -0.2) is 8.42 Å². The molecule has 0 atom stereocenters. The summed E-state index contributed by atoms with van der Waals surface area (Å²) in [5.41, 5.74) is 0.351. The van der Waals surface area contributed by atoms with Crippen molar-refractivity contribution in [2.24, 2.45) is 0 Å². The predicted octanol–water partition coefficient (Wildman–Crippen LogP) is 0.893. The first-order valence-electron chi connectivity index (χ1n) is 9.56. The van der Waals surface area contributed by atoms with Crippen molar-refractivity contribution >= 4 is 39.1 Å². The van der Waals surface area contributed by atoms with E-state index in [1.165, 1.54) is 16.4 Å². The van der Waals surface area contributed by atoms with E-state index in [2.05, 4.69) is 17.6 Å². The molecule has 0 aromatic heterocycles. The summed E-state index contributed by atoms with van der Waals surface area (Å²) in [7, 11) is -3.83. The highest BCUT2D eigenvalue weighted by Crippen LogP contribution is 2.36. The molecule has 0 bridgehead atoms. The largest absolute Gasteiger partial charge is 0.482 e. The van der Waals surface area contributed by atoms with Gasteiger partial charge in [0, 0.05) is 38.8 Å². The smallest absolute Gasteiger partial charge is 0.262 e. The number of sulfonamides is 1. The van der Waals surface area contributed by atoms with Gasteiger partial charge in [-0.2, -0.15) is 4.31 Å². The first kappa shape index (κ1) is 21.8. The van der Waals surface area contributed by atoms with Crippen molar-refractivity contribution in [2.45, 2.75) is 24.7 Å². The van der Waals surface area contributed by atoms with Crippen LogP contribution in [0.1, 0.15) is 19.8 Å². The number of anilines is 1. The third-order valence-corrected chi connectivity index (χ3v) is 7.20. The molecule has 1 saturated heterocycles. The van der Waals surface area contributed by atoms with Crippen LogP contribution in [0, 0.1) is 0 Å². The summed E-state index contributed by atoms with van der Waals surface area (Å²) in [5.74, 6) is -0.0966. The zero-order valence-corrected chi connectivity index (χ0v) is 17.8. The third kappa shape index (κ3) is 5.19. The molecular formula is C18H25ClN4O5S. The standard InChI is InChI=1S/C18H25ClN4O5S/c1-2-3-4-20-17(24)11-22-5-7-23(8-6-22)29(26,27)16-10-15-14(9-13(16)19)21-18(25)12-28-15/h9-10H,2-8,11-12H2,1H3,(H,20,24)(H,21,25). The van der Waals surface area contributed by atoms with Gasteiger partial charge in [-0.05, 0) is 12.5 Å². The molecule has 2 N–H and O–H groups in total. The normalized spacial score (nSPS) is 17.9. The topological polar surface area (TPSA) is 108 Å². The van der Waals surface area contributed by atoms with E-state index in [0.717, 1.165) is 12.8 Å². The molecule has 2 amide bonds.